The van der Waals surface area contributed by atoms with Gasteiger partial charge in [0, 0.05) is 5.92 Å². The van der Waals surface area contributed by atoms with E-state index in [2.05, 4.69) is 10.6 Å². The molecule has 2 amide bonds. The van der Waals surface area contributed by atoms with E-state index in [1.54, 1.807) is 0 Å². The summed E-state index contributed by atoms with van der Waals surface area (Å²) >= 11 is 1.49. The highest BCUT2D eigenvalue weighted by atomic mass is 32.2. The number of alkyl carbamates (subject to hydrolysis) is 1. The smallest absolute Gasteiger partial charge is 0.407 e. The average Bonchev–Trinajstić information content (AvgIpc) is 3.12. The number of fused-ring (bicyclic) bond motifs is 3. The molecular weight excluding hydrogens is 444 g/mol. The number of ether oxygens (including phenoxy) is 1. The van der Waals surface area contributed by atoms with Crippen molar-refractivity contribution in [3.05, 3.63) is 59.7 Å². The largest absolute Gasteiger partial charge is 0.480 e. The van der Waals surface area contributed by atoms with E-state index >= 15 is 0 Å². The van der Waals surface area contributed by atoms with Crippen LogP contribution in [0.1, 0.15) is 30.4 Å². The molecule has 0 heterocycles. The summed E-state index contributed by atoms with van der Waals surface area (Å²) in [5.74, 6) is -1.60. The summed E-state index contributed by atoms with van der Waals surface area (Å²) in [5, 5.41) is 23.7. The van der Waals surface area contributed by atoms with Gasteiger partial charge in [-0.1, -0.05) is 48.5 Å². The lowest BCUT2D eigenvalue weighted by Crippen LogP contribution is -2.55. The number of carboxylic acid groups (broad SMARTS) is 1. The van der Waals surface area contributed by atoms with E-state index in [9.17, 15) is 24.6 Å². The van der Waals surface area contributed by atoms with E-state index < -0.39 is 36.2 Å². The van der Waals surface area contributed by atoms with E-state index in [4.69, 9.17) is 4.74 Å². The van der Waals surface area contributed by atoms with Gasteiger partial charge >= 0.3 is 12.1 Å². The van der Waals surface area contributed by atoms with Crippen molar-refractivity contribution in [2.75, 3.05) is 18.6 Å². The van der Waals surface area contributed by atoms with Crippen molar-refractivity contribution in [2.24, 2.45) is 0 Å². The zero-order chi connectivity index (χ0) is 24.0. The Labute approximate surface area is 196 Å². The number of benzene rings is 2. The lowest BCUT2D eigenvalue weighted by Gasteiger charge is -2.23. The maximum Gasteiger partial charge on any atom is 0.407 e. The van der Waals surface area contributed by atoms with Gasteiger partial charge in [-0.2, -0.15) is 11.8 Å². The first-order chi connectivity index (χ1) is 15.8. The highest BCUT2D eigenvalue weighted by Crippen LogP contribution is 2.44. The summed E-state index contributed by atoms with van der Waals surface area (Å²) in [6, 6.07) is 13.5. The maximum atomic E-state index is 12.6. The molecule has 2 aromatic carbocycles. The number of aliphatic carboxylic acids is 1. The van der Waals surface area contributed by atoms with Crippen LogP contribution in [0.15, 0.2) is 48.5 Å². The van der Waals surface area contributed by atoms with E-state index in [0.717, 1.165) is 22.3 Å². The predicted molar refractivity (Wildman–Crippen MR) is 126 cm³/mol. The van der Waals surface area contributed by atoms with Crippen molar-refractivity contribution in [3.8, 4) is 11.1 Å². The van der Waals surface area contributed by atoms with Crippen molar-refractivity contribution >= 4 is 29.7 Å². The molecular formula is C24H28N2O6S. The third kappa shape index (κ3) is 5.85. The Morgan fingerprint density at radius 3 is 2.12 bits per heavy atom. The summed E-state index contributed by atoms with van der Waals surface area (Å²) in [5.41, 5.74) is 4.36. The van der Waals surface area contributed by atoms with Crippen molar-refractivity contribution in [3.63, 3.8) is 0 Å². The highest BCUT2D eigenvalue weighted by molar-refractivity contribution is 7.98. The van der Waals surface area contributed by atoms with Crippen molar-refractivity contribution in [1.82, 2.24) is 10.6 Å². The Morgan fingerprint density at radius 2 is 1.61 bits per heavy atom. The molecule has 1 aliphatic rings. The van der Waals surface area contributed by atoms with Crippen molar-refractivity contribution < 1.29 is 29.3 Å². The second-order valence-electron chi connectivity index (χ2n) is 7.87. The van der Waals surface area contributed by atoms with Crippen LogP contribution in [-0.2, 0) is 14.3 Å². The molecule has 0 bridgehead atoms. The van der Waals surface area contributed by atoms with Crippen LogP contribution in [0.25, 0.3) is 11.1 Å². The quantitative estimate of drug-likeness (QED) is 0.419. The van der Waals surface area contributed by atoms with Crippen LogP contribution in [0.5, 0.6) is 0 Å². The number of aliphatic hydroxyl groups is 1. The lowest BCUT2D eigenvalue weighted by atomic mass is 9.98. The number of nitrogens with one attached hydrogen (secondary N) is 2. The molecule has 3 rings (SSSR count). The van der Waals surface area contributed by atoms with E-state index in [1.807, 2.05) is 54.8 Å². The molecule has 3 atom stereocenters. The number of carbonyl (C=O) groups is 3. The molecule has 1 unspecified atom stereocenters. The fourth-order valence-electron chi connectivity index (χ4n) is 3.93. The molecule has 4 N–H and O–H groups in total. The molecule has 0 fully saturated rings. The van der Waals surface area contributed by atoms with Crippen LogP contribution in [0, 0.1) is 0 Å². The minimum absolute atomic E-state index is 0.0994. The number of rotatable bonds is 10. The molecule has 33 heavy (non-hydrogen) atoms. The number of thioether (sulfide) groups is 1. The maximum absolute atomic E-state index is 12.6. The highest BCUT2D eigenvalue weighted by Gasteiger charge is 2.31. The van der Waals surface area contributed by atoms with Gasteiger partial charge in [0.25, 0.3) is 0 Å². The fraction of sp³-hybridized carbons (Fsp3) is 0.375. The average molecular weight is 473 g/mol. The van der Waals surface area contributed by atoms with Gasteiger partial charge in [-0.15, -0.1) is 0 Å². The normalized spacial score (nSPS) is 15.0. The van der Waals surface area contributed by atoms with Gasteiger partial charge in [0.1, 0.15) is 12.6 Å². The van der Waals surface area contributed by atoms with Crippen LogP contribution in [0.4, 0.5) is 4.79 Å². The molecule has 1 aliphatic carbocycles. The standard InChI is InChI=1S/C24H28N2O6S/c1-14(27)21(23(29)30)26-22(28)20(11-12-33-2)25-24(31)32-13-19-17-9-5-3-7-15(17)16-8-4-6-10-18(16)19/h3-10,14,19-21,27H,11-13H2,1-2H3,(H,25,31)(H,26,28)(H,29,30)/t14-,20?,21+/m1/s1. The molecule has 0 radical (unpaired) electrons. The van der Waals surface area contributed by atoms with Crippen molar-refractivity contribution in [1.29, 1.82) is 0 Å². The van der Waals surface area contributed by atoms with Gasteiger partial charge in [0.2, 0.25) is 5.91 Å². The molecule has 8 nitrogen and oxygen atoms in total. The van der Waals surface area contributed by atoms with Crippen LogP contribution < -0.4 is 10.6 Å². The Hall–Kier alpha value is -3.04. The van der Waals surface area contributed by atoms with E-state index in [1.165, 1.54) is 18.7 Å². The van der Waals surface area contributed by atoms with Crippen molar-refractivity contribution in [2.45, 2.75) is 37.5 Å². The summed E-state index contributed by atoms with van der Waals surface area (Å²) in [6.45, 7) is 1.37. The first-order valence-corrected chi connectivity index (χ1v) is 12.0. The summed E-state index contributed by atoms with van der Waals surface area (Å²) in [4.78, 5) is 36.5. The molecule has 0 spiro atoms. The third-order valence-electron chi connectivity index (χ3n) is 5.61. The van der Waals surface area contributed by atoms with Gasteiger partial charge in [-0.3, -0.25) is 4.79 Å². The number of hydrogen-bond acceptors (Lipinski definition) is 6. The van der Waals surface area contributed by atoms with E-state index in [-0.39, 0.29) is 18.9 Å². The molecule has 9 heteroatoms. The van der Waals surface area contributed by atoms with Gasteiger partial charge in [-0.25, -0.2) is 9.59 Å². The second kappa shape index (κ2) is 11.2. The van der Waals surface area contributed by atoms with Crippen LogP contribution in [0.3, 0.4) is 0 Å². The minimum atomic E-state index is -1.47. The molecule has 0 saturated heterocycles. The van der Waals surface area contributed by atoms with Gasteiger partial charge in [0.15, 0.2) is 6.04 Å². The fourth-order valence-corrected chi connectivity index (χ4v) is 4.40. The number of hydrogen-bond donors (Lipinski definition) is 4. The summed E-state index contributed by atoms with van der Waals surface area (Å²) in [7, 11) is 0. The Morgan fingerprint density at radius 1 is 1.03 bits per heavy atom. The minimum Gasteiger partial charge on any atom is -0.480 e. The lowest BCUT2D eigenvalue weighted by molar-refractivity contribution is -0.145. The Kier molecular flexibility index (Phi) is 8.35. The Bertz CT molecular complexity index is 966. The van der Waals surface area contributed by atoms with Gasteiger partial charge in [-0.05, 0) is 47.6 Å². The van der Waals surface area contributed by atoms with Gasteiger partial charge < -0.3 is 25.6 Å². The number of aliphatic hydroxyl groups excluding tert-OH is 1. The topological polar surface area (TPSA) is 125 Å². The molecule has 0 saturated carbocycles. The monoisotopic (exact) mass is 472 g/mol. The van der Waals surface area contributed by atoms with Gasteiger partial charge in [0.05, 0.1) is 6.10 Å². The van der Waals surface area contributed by atoms with E-state index in [0.29, 0.717) is 5.75 Å². The first kappa shape index (κ1) is 24.6. The summed E-state index contributed by atoms with van der Waals surface area (Å²) < 4.78 is 5.50. The zero-order valence-electron chi connectivity index (χ0n) is 18.5. The number of carbonyl (C=O) groups excluding carboxylic acids is 2. The second-order valence-corrected chi connectivity index (χ2v) is 8.85. The molecule has 0 aromatic heterocycles. The third-order valence-corrected chi connectivity index (χ3v) is 6.25. The SMILES string of the molecule is CSCCC(NC(=O)OCC1c2ccccc2-c2ccccc21)C(=O)N[C@H](C(=O)O)[C@@H](C)O. The Balaban J connectivity index is 1.66. The predicted octanol–water partition coefficient (Wildman–Crippen LogP) is 2.60. The number of amides is 2. The summed E-state index contributed by atoms with van der Waals surface area (Å²) in [6.07, 6.45) is 0.0886. The number of carboxylic acids is 1. The first-order valence-electron chi connectivity index (χ1n) is 10.6. The molecule has 176 valence electrons. The van der Waals surface area contributed by atoms with Crippen LogP contribution in [0.2, 0.25) is 0 Å². The van der Waals surface area contributed by atoms with Crippen LogP contribution in [-0.4, -0.2) is 65.0 Å². The molecule has 2 aromatic rings. The zero-order valence-corrected chi connectivity index (χ0v) is 19.3. The van der Waals surface area contributed by atoms with Crippen LogP contribution >= 0.6 is 11.8 Å². The molecule has 0 aliphatic heterocycles.